The Bertz CT molecular complexity index is 443. The number of rotatable bonds is 3. The first-order valence-electron chi connectivity index (χ1n) is 4.21. The van der Waals surface area contributed by atoms with Crippen molar-refractivity contribution in [3.8, 4) is 5.75 Å². The van der Waals surface area contributed by atoms with Gasteiger partial charge in [-0.25, -0.2) is 0 Å². The van der Waals surface area contributed by atoms with E-state index < -0.39 is 0 Å². The maximum Gasteiger partial charge on any atom is 0.136 e. The third-order valence-corrected chi connectivity index (χ3v) is 2.62. The first-order valence-corrected chi connectivity index (χ1v) is 5.36. The lowest BCUT2D eigenvalue weighted by atomic mass is 10.3. The number of nitrogen functional groups attached to an aromatic ring is 1. The van der Waals surface area contributed by atoms with Crippen molar-refractivity contribution >= 4 is 28.1 Å². The molecule has 0 bridgehead atoms. The first-order chi connectivity index (χ1) is 7.25. The van der Waals surface area contributed by atoms with Crippen molar-refractivity contribution in [1.29, 1.82) is 0 Å². The molecule has 1 heterocycles. The Labute approximate surface area is 95.8 Å². The fourth-order valence-electron chi connectivity index (χ4n) is 0.998. The number of hydrogen-bond acceptors (Lipinski definition) is 5. The van der Waals surface area contributed by atoms with Gasteiger partial charge in [-0.05, 0) is 24.3 Å². The number of nitrogens with zero attached hydrogens (tertiary/aromatic N) is 2. The van der Waals surface area contributed by atoms with Gasteiger partial charge in [0.1, 0.15) is 23.1 Å². The van der Waals surface area contributed by atoms with Crippen LogP contribution in [0.4, 0.5) is 5.00 Å². The van der Waals surface area contributed by atoms with E-state index in [9.17, 15) is 0 Å². The van der Waals surface area contributed by atoms with E-state index in [1.807, 2.05) is 0 Å². The van der Waals surface area contributed by atoms with E-state index in [0.717, 1.165) is 17.3 Å². The molecule has 15 heavy (non-hydrogen) atoms. The van der Waals surface area contributed by atoms with Crippen LogP contribution >= 0.6 is 23.1 Å². The Morgan fingerprint density at radius 1 is 1.33 bits per heavy atom. The van der Waals surface area contributed by atoms with Gasteiger partial charge in [-0.2, -0.15) is 0 Å². The molecule has 0 saturated heterocycles. The van der Waals surface area contributed by atoms with Gasteiger partial charge in [0.2, 0.25) is 0 Å². The molecule has 2 N–H and O–H groups in total. The summed E-state index contributed by atoms with van der Waals surface area (Å²) >= 11 is 6.90. The molecule has 0 aliphatic carbocycles. The zero-order chi connectivity index (χ0) is 10.7. The first kappa shape index (κ1) is 10.2. The van der Waals surface area contributed by atoms with Gasteiger partial charge in [-0.15, -0.1) is 5.10 Å². The van der Waals surface area contributed by atoms with E-state index in [2.05, 4.69) is 9.59 Å². The van der Waals surface area contributed by atoms with E-state index in [4.69, 9.17) is 22.1 Å². The molecule has 0 unspecified atom stereocenters. The maximum absolute atomic E-state index is 5.74. The number of benzene rings is 1. The SMILES string of the molecule is Nc1snnc1COc1ccc(Cl)cc1. The minimum Gasteiger partial charge on any atom is -0.487 e. The van der Waals surface area contributed by atoms with Crippen molar-refractivity contribution in [3.63, 3.8) is 0 Å². The van der Waals surface area contributed by atoms with E-state index in [1.165, 1.54) is 0 Å². The molecule has 0 saturated carbocycles. The molecular formula is C9H8ClN3OS. The number of aromatic nitrogens is 2. The normalized spacial score (nSPS) is 10.2. The highest BCUT2D eigenvalue weighted by Crippen LogP contribution is 2.18. The van der Waals surface area contributed by atoms with Gasteiger partial charge in [0.05, 0.1) is 0 Å². The van der Waals surface area contributed by atoms with Crippen molar-refractivity contribution < 1.29 is 4.74 Å². The van der Waals surface area contributed by atoms with Crippen LogP contribution in [0, 0.1) is 0 Å². The highest BCUT2D eigenvalue weighted by molar-refractivity contribution is 7.09. The fourth-order valence-corrected chi connectivity index (χ4v) is 1.56. The average molecular weight is 242 g/mol. The molecule has 6 heteroatoms. The van der Waals surface area contributed by atoms with Gasteiger partial charge < -0.3 is 10.5 Å². The van der Waals surface area contributed by atoms with Gasteiger partial charge in [-0.1, -0.05) is 16.1 Å². The Morgan fingerprint density at radius 2 is 2.07 bits per heavy atom. The number of nitrogens with two attached hydrogens (primary N) is 1. The second-order valence-electron chi connectivity index (χ2n) is 2.83. The summed E-state index contributed by atoms with van der Waals surface area (Å²) in [6, 6.07) is 7.11. The van der Waals surface area contributed by atoms with Crippen LogP contribution in [0.1, 0.15) is 5.69 Å². The average Bonchev–Trinajstić information content (AvgIpc) is 2.63. The van der Waals surface area contributed by atoms with Crippen molar-refractivity contribution in [2.75, 3.05) is 5.73 Å². The molecule has 0 spiro atoms. The molecule has 0 amide bonds. The molecule has 0 aliphatic rings. The Morgan fingerprint density at radius 3 is 2.67 bits per heavy atom. The van der Waals surface area contributed by atoms with Crippen LogP contribution in [0.5, 0.6) is 5.75 Å². The van der Waals surface area contributed by atoms with E-state index in [-0.39, 0.29) is 0 Å². The number of anilines is 1. The maximum atomic E-state index is 5.74. The van der Waals surface area contributed by atoms with Crippen molar-refractivity contribution in [3.05, 3.63) is 35.0 Å². The quantitative estimate of drug-likeness (QED) is 0.896. The summed E-state index contributed by atoms with van der Waals surface area (Å²) in [6.07, 6.45) is 0. The molecule has 0 atom stereocenters. The van der Waals surface area contributed by atoms with Crippen LogP contribution in [0.15, 0.2) is 24.3 Å². The van der Waals surface area contributed by atoms with Gasteiger partial charge in [0, 0.05) is 16.6 Å². The molecule has 2 aromatic rings. The van der Waals surface area contributed by atoms with Crippen LogP contribution in [0.3, 0.4) is 0 Å². The van der Waals surface area contributed by atoms with E-state index in [0.29, 0.717) is 22.3 Å². The van der Waals surface area contributed by atoms with Crippen LogP contribution in [-0.4, -0.2) is 9.59 Å². The molecule has 4 nitrogen and oxygen atoms in total. The molecule has 1 aromatic carbocycles. The third kappa shape index (κ3) is 2.57. The molecule has 2 rings (SSSR count). The molecule has 78 valence electrons. The van der Waals surface area contributed by atoms with Gasteiger partial charge in [0.25, 0.3) is 0 Å². The smallest absolute Gasteiger partial charge is 0.136 e. The number of ether oxygens (including phenoxy) is 1. The van der Waals surface area contributed by atoms with Crippen molar-refractivity contribution in [2.24, 2.45) is 0 Å². The standard InChI is InChI=1S/C9H8ClN3OS/c10-6-1-3-7(4-2-6)14-5-8-9(11)15-13-12-8/h1-4H,5,11H2. The lowest BCUT2D eigenvalue weighted by molar-refractivity contribution is 0.302. The summed E-state index contributed by atoms with van der Waals surface area (Å²) in [6.45, 7) is 0.323. The Kier molecular flexibility index (Phi) is 3.03. The predicted molar refractivity (Wildman–Crippen MR) is 60.1 cm³/mol. The largest absolute Gasteiger partial charge is 0.487 e. The molecular weight excluding hydrogens is 234 g/mol. The topological polar surface area (TPSA) is 61.0 Å². The lowest BCUT2D eigenvalue weighted by Gasteiger charge is -2.03. The summed E-state index contributed by atoms with van der Waals surface area (Å²) in [7, 11) is 0. The van der Waals surface area contributed by atoms with Crippen molar-refractivity contribution in [2.45, 2.75) is 6.61 Å². The molecule has 0 aliphatic heterocycles. The summed E-state index contributed by atoms with van der Waals surface area (Å²) in [5.74, 6) is 0.729. The predicted octanol–water partition coefficient (Wildman–Crippen LogP) is 2.35. The molecule has 0 radical (unpaired) electrons. The number of halogens is 1. The number of hydrogen-bond donors (Lipinski definition) is 1. The highest BCUT2D eigenvalue weighted by Gasteiger charge is 2.04. The summed E-state index contributed by atoms with van der Waals surface area (Å²) < 4.78 is 9.17. The third-order valence-electron chi connectivity index (χ3n) is 1.77. The highest BCUT2D eigenvalue weighted by atomic mass is 35.5. The van der Waals surface area contributed by atoms with Gasteiger partial charge >= 0.3 is 0 Å². The second kappa shape index (κ2) is 4.46. The summed E-state index contributed by atoms with van der Waals surface area (Å²) in [5.41, 5.74) is 6.28. The van der Waals surface area contributed by atoms with Crippen LogP contribution in [0.25, 0.3) is 0 Å². The minimum absolute atomic E-state index is 0.323. The minimum atomic E-state index is 0.323. The van der Waals surface area contributed by atoms with Crippen LogP contribution < -0.4 is 10.5 Å². The monoisotopic (exact) mass is 241 g/mol. The Hall–Kier alpha value is -1.33. The lowest BCUT2D eigenvalue weighted by Crippen LogP contribution is -1.98. The van der Waals surface area contributed by atoms with Crippen molar-refractivity contribution in [1.82, 2.24) is 9.59 Å². The zero-order valence-electron chi connectivity index (χ0n) is 7.68. The second-order valence-corrected chi connectivity index (χ2v) is 4.05. The fraction of sp³-hybridized carbons (Fsp3) is 0.111. The van der Waals surface area contributed by atoms with Gasteiger partial charge in [0.15, 0.2) is 0 Å². The van der Waals surface area contributed by atoms with Gasteiger partial charge in [-0.3, -0.25) is 0 Å². The van der Waals surface area contributed by atoms with E-state index >= 15 is 0 Å². The summed E-state index contributed by atoms with van der Waals surface area (Å²) in [4.78, 5) is 0. The molecule has 1 aromatic heterocycles. The summed E-state index contributed by atoms with van der Waals surface area (Å²) in [5, 5.41) is 5.11. The molecule has 0 fully saturated rings. The Balaban J connectivity index is 1.99. The zero-order valence-corrected chi connectivity index (χ0v) is 9.26. The van der Waals surface area contributed by atoms with Crippen LogP contribution in [0.2, 0.25) is 5.02 Å². The van der Waals surface area contributed by atoms with Crippen LogP contribution in [-0.2, 0) is 6.61 Å². The van der Waals surface area contributed by atoms with E-state index in [1.54, 1.807) is 24.3 Å².